The first-order valence-corrected chi connectivity index (χ1v) is 5.26. The Morgan fingerprint density at radius 2 is 1.53 bits per heavy atom. The molecule has 0 aliphatic heterocycles. The first-order valence-electron chi connectivity index (χ1n) is 5.26. The van der Waals surface area contributed by atoms with Crippen molar-refractivity contribution in [1.29, 1.82) is 0 Å². The third kappa shape index (κ3) is 3.08. The Kier molecular flexibility index (Phi) is 3.40. The van der Waals surface area contributed by atoms with Crippen molar-refractivity contribution in [3.63, 3.8) is 0 Å². The molecule has 3 nitrogen and oxygen atoms in total. The summed E-state index contributed by atoms with van der Waals surface area (Å²) in [6.07, 6.45) is -1.25. The van der Waals surface area contributed by atoms with Crippen molar-refractivity contribution >= 4 is 6.16 Å². The van der Waals surface area contributed by atoms with Gasteiger partial charge in [0, 0.05) is 0 Å². The zero-order valence-electron chi connectivity index (χ0n) is 9.17. The molecule has 0 amide bonds. The molecule has 0 atom stereocenters. The average Bonchev–Trinajstić information content (AvgIpc) is 2.38. The molecule has 2 aromatic carbocycles. The summed E-state index contributed by atoms with van der Waals surface area (Å²) in [7, 11) is 0. The number of rotatable bonds is 3. The van der Waals surface area contributed by atoms with Gasteiger partial charge in [0.05, 0.1) is 0 Å². The lowest BCUT2D eigenvalue weighted by Gasteiger charge is -2.04. The average molecular weight is 228 g/mol. The Morgan fingerprint density at radius 1 is 0.941 bits per heavy atom. The van der Waals surface area contributed by atoms with Gasteiger partial charge in [-0.3, -0.25) is 0 Å². The predicted molar refractivity (Wildman–Crippen MR) is 64.7 cm³/mol. The highest BCUT2D eigenvalue weighted by atomic mass is 16.7. The predicted octanol–water partition coefficient (Wildman–Crippen LogP) is 3.55. The summed E-state index contributed by atoms with van der Waals surface area (Å²) in [5.41, 5.74) is 3.08. The number of benzene rings is 2. The molecule has 0 saturated carbocycles. The minimum atomic E-state index is -1.25. The quantitative estimate of drug-likeness (QED) is 0.817. The lowest BCUT2D eigenvalue weighted by molar-refractivity contribution is 0.0854. The molecule has 0 fully saturated rings. The topological polar surface area (TPSA) is 46.5 Å². The number of carbonyl (C=O) groups is 1. The van der Waals surface area contributed by atoms with Crippen LogP contribution in [0, 0.1) is 0 Å². The van der Waals surface area contributed by atoms with Gasteiger partial charge in [0.2, 0.25) is 0 Å². The van der Waals surface area contributed by atoms with Crippen molar-refractivity contribution in [2.24, 2.45) is 0 Å². The Morgan fingerprint density at radius 3 is 2.12 bits per heavy atom. The summed E-state index contributed by atoms with van der Waals surface area (Å²) in [6.45, 7) is 0.0877. The van der Waals surface area contributed by atoms with E-state index < -0.39 is 6.16 Å². The van der Waals surface area contributed by atoms with E-state index in [1.165, 1.54) is 0 Å². The second-order valence-electron chi connectivity index (χ2n) is 3.62. The molecule has 17 heavy (non-hydrogen) atoms. The van der Waals surface area contributed by atoms with E-state index in [9.17, 15) is 4.79 Å². The summed E-state index contributed by atoms with van der Waals surface area (Å²) >= 11 is 0. The van der Waals surface area contributed by atoms with Gasteiger partial charge in [-0.15, -0.1) is 0 Å². The number of carboxylic acid groups (broad SMARTS) is 1. The lowest BCUT2D eigenvalue weighted by Crippen LogP contribution is -1.99. The highest BCUT2D eigenvalue weighted by molar-refractivity contribution is 5.63. The third-order valence-corrected chi connectivity index (χ3v) is 2.42. The SMILES string of the molecule is O=C(O)OCc1ccc(-c2ccccc2)cc1. The fourth-order valence-corrected chi connectivity index (χ4v) is 1.57. The van der Waals surface area contributed by atoms with E-state index in [-0.39, 0.29) is 6.61 Å². The smallest absolute Gasteiger partial charge is 0.450 e. The first kappa shape index (κ1) is 11.2. The molecule has 0 radical (unpaired) electrons. The van der Waals surface area contributed by atoms with Gasteiger partial charge in [-0.1, -0.05) is 54.6 Å². The van der Waals surface area contributed by atoms with Gasteiger partial charge in [-0.25, -0.2) is 4.79 Å². The molecule has 0 spiro atoms. The van der Waals surface area contributed by atoms with E-state index >= 15 is 0 Å². The fourth-order valence-electron chi connectivity index (χ4n) is 1.57. The van der Waals surface area contributed by atoms with Crippen LogP contribution in [0.2, 0.25) is 0 Å². The van der Waals surface area contributed by atoms with Gasteiger partial charge in [0.25, 0.3) is 0 Å². The Labute approximate surface area is 99.3 Å². The molecular formula is C14H12O3. The van der Waals surface area contributed by atoms with E-state index in [0.717, 1.165) is 16.7 Å². The molecular weight excluding hydrogens is 216 g/mol. The highest BCUT2D eigenvalue weighted by Gasteiger charge is 2.00. The van der Waals surface area contributed by atoms with Crippen LogP contribution in [0.25, 0.3) is 11.1 Å². The van der Waals surface area contributed by atoms with Gasteiger partial charge in [-0.2, -0.15) is 0 Å². The molecule has 86 valence electrons. The molecule has 0 aliphatic carbocycles. The standard InChI is InChI=1S/C14H12O3/c15-14(16)17-10-11-6-8-13(9-7-11)12-4-2-1-3-5-12/h1-9H,10H2,(H,15,16). The van der Waals surface area contributed by atoms with Crippen molar-refractivity contribution in [1.82, 2.24) is 0 Å². The molecule has 0 unspecified atom stereocenters. The van der Waals surface area contributed by atoms with E-state index in [1.54, 1.807) is 0 Å². The van der Waals surface area contributed by atoms with Crippen molar-refractivity contribution in [3.05, 3.63) is 60.2 Å². The summed E-state index contributed by atoms with van der Waals surface area (Å²) in [5.74, 6) is 0. The van der Waals surface area contributed by atoms with E-state index in [0.29, 0.717) is 0 Å². The Balaban J connectivity index is 2.11. The van der Waals surface area contributed by atoms with E-state index in [4.69, 9.17) is 5.11 Å². The van der Waals surface area contributed by atoms with Crippen LogP contribution >= 0.6 is 0 Å². The van der Waals surface area contributed by atoms with Crippen LogP contribution in [0.5, 0.6) is 0 Å². The van der Waals surface area contributed by atoms with Gasteiger partial charge in [0.15, 0.2) is 0 Å². The van der Waals surface area contributed by atoms with Crippen molar-refractivity contribution < 1.29 is 14.6 Å². The van der Waals surface area contributed by atoms with E-state index in [2.05, 4.69) is 4.74 Å². The summed E-state index contributed by atoms with van der Waals surface area (Å²) in [5, 5.41) is 8.39. The van der Waals surface area contributed by atoms with Crippen molar-refractivity contribution in [2.75, 3.05) is 0 Å². The van der Waals surface area contributed by atoms with Gasteiger partial charge in [-0.05, 0) is 16.7 Å². The molecule has 1 N–H and O–H groups in total. The molecule has 0 aliphatic rings. The molecule has 0 aromatic heterocycles. The van der Waals surface area contributed by atoms with E-state index in [1.807, 2.05) is 54.6 Å². The zero-order valence-corrected chi connectivity index (χ0v) is 9.17. The summed E-state index contributed by atoms with van der Waals surface area (Å²) in [6, 6.07) is 17.6. The third-order valence-electron chi connectivity index (χ3n) is 2.42. The van der Waals surface area contributed by atoms with Crippen LogP contribution in [0.1, 0.15) is 5.56 Å². The number of hydrogen-bond acceptors (Lipinski definition) is 2. The zero-order chi connectivity index (χ0) is 12.1. The molecule has 2 aromatic rings. The number of ether oxygens (including phenoxy) is 1. The van der Waals surface area contributed by atoms with Gasteiger partial charge >= 0.3 is 6.16 Å². The minimum Gasteiger partial charge on any atom is -0.450 e. The summed E-state index contributed by atoms with van der Waals surface area (Å²) < 4.78 is 4.49. The fraction of sp³-hybridized carbons (Fsp3) is 0.0714. The monoisotopic (exact) mass is 228 g/mol. The molecule has 0 saturated heterocycles. The maximum Gasteiger partial charge on any atom is 0.506 e. The van der Waals surface area contributed by atoms with Crippen LogP contribution in [-0.4, -0.2) is 11.3 Å². The van der Waals surface area contributed by atoms with Crippen LogP contribution < -0.4 is 0 Å². The molecule has 0 bridgehead atoms. The Hall–Kier alpha value is -2.29. The van der Waals surface area contributed by atoms with Crippen LogP contribution in [0.15, 0.2) is 54.6 Å². The highest BCUT2D eigenvalue weighted by Crippen LogP contribution is 2.19. The molecule has 3 heteroatoms. The minimum absolute atomic E-state index is 0.0877. The normalized spacial score (nSPS) is 9.88. The van der Waals surface area contributed by atoms with Gasteiger partial charge in [0.1, 0.15) is 6.61 Å². The first-order chi connectivity index (χ1) is 8.25. The molecule has 0 heterocycles. The maximum absolute atomic E-state index is 10.2. The maximum atomic E-state index is 10.2. The Bertz CT molecular complexity index is 489. The lowest BCUT2D eigenvalue weighted by atomic mass is 10.0. The molecule has 2 rings (SSSR count). The van der Waals surface area contributed by atoms with Crippen molar-refractivity contribution in [2.45, 2.75) is 6.61 Å². The second-order valence-corrected chi connectivity index (χ2v) is 3.62. The largest absolute Gasteiger partial charge is 0.506 e. The van der Waals surface area contributed by atoms with Crippen molar-refractivity contribution in [3.8, 4) is 11.1 Å². The summed E-state index contributed by atoms with van der Waals surface area (Å²) in [4.78, 5) is 10.2. The van der Waals surface area contributed by atoms with Crippen LogP contribution in [0.4, 0.5) is 4.79 Å². The van der Waals surface area contributed by atoms with Crippen LogP contribution in [0.3, 0.4) is 0 Å². The number of hydrogen-bond donors (Lipinski definition) is 1. The van der Waals surface area contributed by atoms with Gasteiger partial charge < -0.3 is 9.84 Å². The van der Waals surface area contributed by atoms with Crippen LogP contribution in [-0.2, 0) is 11.3 Å². The second kappa shape index (κ2) is 5.16.